The number of rotatable bonds is 5. The van der Waals surface area contributed by atoms with E-state index in [1.165, 1.54) is 6.42 Å². The molecule has 0 spiro atoms. The van der Waals surface area contributed by atoms with Gasteiger partial charge in [0.2, 0.25) is 5.91 Å². The molecule has 0 aromatic rings. The Morgan fingerprint density at radius 2 is 2.50 bits per heavy atom. The summed E-state index contributed by atoms with van der Waals surface area (Å²) in [5, 5.41) is 6.18. The second-order valence-corrected chi connectivity index (χ2v) is 3.82. The van der Waals surface area contributed by atoms with Gasteiger partial charge >= 0.3 is 0 Å². The van der Waals surface area contributed by atoms with Crippen molar-refractivity contribution in [3.8, 4) is 0 Å². The van der Waals surface area contributed by atoms with Gasteiger partial charge in [0.1, 0.15) is 6.10 Å². The zero-order valence-electron chi connectivity index (χ0n) is 9.01. The topological polar surface area (TPSA) is 50.4 Å². The van der Waals surface area contributed by atoms with Crippen molar-refractivity contribution in [3.63, 3.8) is 0 Å². The SMILES string of the molecule is COC(C)C(=O)NCCC1CCNC1. The minimum Gasteiger partial charge on any atom is -0.372 e. The molecule has 4 heteroatoms. The van der Waals surface area contributed by atoms with Gasteiger partial charge in [-0.1, -0.05) is 0 Å². The van der Waals surface area contributed by atoms with Gasteiger partial charge in [-0.05, 0) is 38.8 Å². The van der Waals surface area contributed by atoms with Crippen LogP contribution >= 0.6 is 0 Å². The number of ether oxygens (including phenoxy) is 1. The zero-order valence-corrected chi connectivity index (χ0v) is 9.01. The molecule has 0 radical (unpaired) electrons. The Balaban J connectivity index is 2.05. The molecule has 2 atom stereocenters. The molecule has 0 aliphatic carbocycles. The van der Waals surface area contributed by atoms with Gasteiger partial charge < -0.3 is 15.4 Å². The lowest BCUT2D eigenvalue weighted by atomic mass is 10.1. The van der Waals surface area contributed by atoms with E-state index in [-0.39, 0.29) is 12.0 Å². The molecule has 1 saturated heterocycles. The minimum absolute atomic E-state index is 0.0153. The third-order valence-electron chi connectivity index (χ3n) is 2.74. The molecule has 2 unspecified atom stereocenters. The van der Waals surface area contributed by atoms with E-state index < -0.39 is 0 Å². The monoisotopic (exact) mass is 200 g/mol. The maximum Gasteiger partial charge on any atom is 0.248 e. The summed E-state index contributed by atoms with van der Waals surface area (Å²) in [7, 11) is 1.55. The first-order valence-corrected chi connectivity index (χ1v) is 5.25. The van der Waals surface area contributed by atoms with Gasteiger partial charge in [-0.2, -0.15) is 0 Å². The maximum atomic E-state index is 11.3. The van der Waals surface area contributed by atoms with E-state index in [9.17, 15) is 4.79 Å². The lowest BCUT2D eigenvalue weighted by Gasteiger charge is -2.12. The van der Waals surface area contributed by atoms with Crippen molar-refractivity contribution in [2.24, 2.45) is 5.92 Å². The standard InChI is InChI=1S/C10H20N2O2/c1-8(14-2)10(13)12-6-4-9-3-5-11-7-9/h8-9,11H,3-7H2,1-2H3,(H,12,13). The van der Waals surface area contributed by atoms with Crippen molar-refractivity contribution >= 4 is 5.91 Å². The van der Waals surface area contributed by atoms with E-state index in [0.29, 0.717) is 0 Å². The minimum atomic E-state index is -0.336. The van der Waals surface area contributed by atoms with Crippen LogP contribution in [0.1, 0.15) is 19.8 Å². The van der Waals surface area contributed by atoms with Gasteiger partial charge in [0.25, 0.3) is 0 Å². The number of methoxy groups -OCH3 is 1. The first-order valence-electron chi connectivity index (χ1n) is 5.25. The molecule has 1 fully saturated rings. The average molecular weight is 200 g/mol. The molecule has 1 heterocycles. The summed E-state index contributed by atoms with van der Waals surface area (Å²) in [5.41, 5.74) is 0. The highest BCUT2D eigenvalue weighted by atomic mass is 16.5. The van der Waals surface area contributed by atoms with Gasteiger partial charge in [0.05, 0.1) is 0 Å². The van der Waals surface area contributed by atoms with E-state index in [1.54, 1.807) is 14.0 Å². The normalized spacial score (nSPS) is 23.4. The molecular weight excluding hydrogens is 180 g/mol. The lowest BCUT2D eigenvalue weighted by Crippen LogP contribution is -2.35. The summed E-state index contributed by atoms with van der Waals surface area (Å²) < 4.78 is 4.91. The van der Waals surface area contributed by atoms with E-state index in [1.807, 2.05) is 0 Å². The maximum absolute atomic E-state index is 11.3. The smallest absolute Gasteiger partial charge is 0.248 e. The fourth-order valence-electron chi connectivity index (χ4n) is 1.61. The molecule has 14 heavy (non-hydrogen) atoms. The van der Waals surface area contributed by atoms with E-state index in [2.05, 4.69) is 10.6 Å². The third kappa shape index (κ3) is 3.64. The number of hydrogen-bond donors (Lipinski definition) is 2. The Bertz CT molecular complexity index is 179. The van der Waals surface area contributed by atoms with Gasteiger partial charge in [0, 0.05) is 13.7 Å². The molecule has 0 bridgehead atoms. The summed E-state index contributed by atoms with van der Waals surface area (Å²) >= 11 is 0. The molecule has 0 aromatic heterocycles. The number of nitrogens with one attached hydrogen (secondary N) is 2. The zero-order chi connectivity index (χ0) is 10.4. The summed E-state index contributed by atoms with van der Waals surface area (Å²) in [4.78, 5) is 11.3. The van der Waals surface area contributed by atoms with E-state index >= 15 is 0 Å². The van der Waals surface area contributed by atoms with Crippen LogP contribution in [0, 0.1) is 5.92 Å². The van der Waals surface area contributed by atoms with Crippen LogP contribution in [0.5, 0.6) is 0 Å². The van der Waals surface area contributed by atoms with Crippen LogP contribution < -0.4 is 10.6 Å². The Hall–Kier alpha value is -0.610. The van der Waals surface area contributed by atoms with Crippen LogP contribution in [0.25, 0.3) is 0 Å². The predicted molar refractivity (Wildman–Crippen MR) is 55.1 cm³/mol. The average Bonchev–Trinajstić information content (AvgIpc) is 2.69. The lowest BCUT2D eigenvalue weighted by molar-refractivity contribution is -0.130. The van der Waals surface area contributed by atoms with Crippen LogP contribution in [0.4, 0.5) is 0 Å². The van der Waals surface area contributed by atoms with Crippen LogP contribution in [-0.2, 0) is 9.53 Å². The summed E-state index contributed by atoms with van der Waals surface area (Å²) in [5.74, 6) is 0.714. The largest absolute Gasteiger partial charge is 0.372 e. The molecule has 82 valence electrons. The fraction of sp³-hybridized carbons (Fsp3) is 0.900. The van der Waals surface area contributed by atoms with Gasteiger partial charge in [0.15, 0.2) is 0 Å². The predicted octanol–water partition coefficient (Wildman–Crippen LogP) is 0.137. The van der Waals surface area contributed by atoms with Crippen LogP contribution in [-0.4, -0.2) is 38.8 Å². The fourth-order valence-corrected chi connectivity index (χ4v) is 1.61. The molecule has 1 aliphatic rings. The molecular formula is C10H20N2O2. The number of amides is 1. The second-order valence-electron chi connectivity index (χ2n) is 3.82. The number of hydrogen-bond acceptors (Lipinski definition) is 3. The first kappa shape index (κ1) is 11.5. The van der Waals surface area contributed by atoms with Gasteiger partial charge in [-0.25, -0.2) is 0 Å². The molecule has 1 amide bonds. The Kier molecular flexibility index (Phi) is 4.90. The highest BCUT2D eigenvalue weighted by Gasteiger charge is 2.15. The van der Waals surface area contributed by atoms with Crippen molar-refractivity contribution in [1.82, 2.24) is 10.6 Å². The first-order chi connectivity index (χ1) is 6.74. The Morgan fingerprint density at radius 1 is 1.71 bits per heavy atom. The number of carbonyl (C=O) groups excluding carboxylic acids is 1. The molecule has 4 nitrogen and oxygen atoms in total. The molecule has 0 aromatic carbocycles. The highest BCUT2D eigenvalue weighted by Crippen LogP contribution is 2.10. The van der Waals surface area contributed by atoms with E-state index in [4.69, 9.17) is 4.74 Å². The van der Waals surface area contributed by atoms with Crippen molar-refractivity contribution in [2.45, 2.75) is 25.9 Å². The van der Waals surface area contributed by atoms with Crippen molar-refractivity contribution in [1.29, 1.82) is 0 Å². The summed E-state index contributed by atoms with van der Waals surface area (Å²) in [6.07, 6.45) is 1.96. The van der Waals surface area contributed by atoms with Gasteiger partial charge in [-0.3, -0.25) is 4.79 Å². The van der Waals surface area contributed by atoms with Crippen LogP contribution in [0.2, 0.25) is 0 Å². The van der Waals surface area contributed by atoms with Crippen LogP contribution in [0.3, 0.4) is 0 Å². The molecule has 2 N–H and O–H groups in total. The summed E-state index contributed by atoms with van der Waals surface area (Å²) in [6, 6.07) is 0. The second kappa shape index (κ2) is 5.98. The van der Waals surface area contributed by atoms with Crippen molar-refractivity contribution in [2.75, 3.05) is 26.7 Å². The third-order valence-corrected chi connectivity index (χ3v) is 2.74. The molecule has 0 saturated carbocycles. The number of carbonyl (C=O) groups is 1. The van der Waals surface area contributed by atoms with E-state index in [0.717, 1.165) is 32.0 Å². The van der Waals surface area contributed by atoms with Crippen LogP contribution in [0.15, 0.2) is 0 Å². The Morgan fingerprint density at radius 3 is 3.07 bits per heavy atom. The summed E-state index contributed by atoms with van der Waals surface area (Å²) in [6.45, 7) is 4.73. The highest BCUT2D eigenvalue weighted by molar-refractivity contribution is 5.80. The molecule has 1 aliphatic heterocycles. The van der Waals surface area contributed by atoms with Crippen molar-refractivity contribution < 1.29 is 9.53 Å². The molecule has 1 rings (SSSR count). The Labute approximate surface area is 85.4 Å². The quantitative estimate of drug-likeness (QED) is 0.663. The van der Waals surface area contributed by atoms with Crippen molar-refractivity contribution in [3.05, 3.63) is 0 Å². The van der Waals surface area contributed by atoms with Gasteiger partial charge in [-0.15, -0.1) is 0 Å².